The molecule has 0 aliphatic carbocycles. The topological polar surface area (TPSA) is 100 Å². The van der Waals surface area contributed by atoms with Crippen LogP contribution in [0.3, 0.4) is 0 Å². The van der Waals surface area contributed by atoms with E-state index in [-0.39, 0.29) is 36.6 Å². The zero-order valence-electron chi connectivity index (χ0n) is 25.5. The summed E-state index contributed by atoms with van der Waals surface area (Å²) in [6.45, 7) is 8.61. The molecule has 3 atom stereocenters. The van der Waals surface area contributed by atoms with Crippen LogP contribution >= 0.6 is 0 Å². The minimum Gasteiger partial charge on any atom is -0.444 e. The summed E-state index contributed by atoms with van der Waals surface area (Å²) in [4.78, 5) is 40.9. The van der Waals surface area contributed by atoms with Gasteiger partial charge < -0.3 is 29.9 Å². The van der Waals surface area contributed by atoms with Gasteiger partial charge in [0.15, 0.2) is 0 Å². The molecule has 9 nitrogen and oxygen atoms in total. The van der Waals surface area contributed by atoms with Crippen LogP contribution in [0.15, 0.2) is 60.7 Å². The summed E-state index contributed by atoms with van der Waals surface area (Å²) in [5.41, 5.74) is 3.08. The van der Waals surface area contributed by atoms with Crippen molar-refractivity contribution in [2.45, 2.75) is 63.7 Å². The molecule has 0 saturated carbocycles. The Morgan fingerprint density at radius 3 is 2.37 bits per heavy atom. The Kier molecular flexibility index (Phi) is 9.70. The minimum atomic E-state index is -0.520. The van der Waals surface area contributed by atoms with Crippen LogP contribution in [-0.4, -0.2) is 84.9 Å². The number of ether oxygens (including phenoxy) is 2. The van der Waals surface area contributed by atoms with Gasteiger partial charge in [-0.15, -0.1) is 0 Å². The lowest BCUT2D eigenvalue weighted by molar-refractivity contribution is -0.139. The second-order valence-electron chi connectivity index (χ2n) is 12.7. The predicted octanol–water partition coefficient (Wildman–Crippen LogP) is 4.78. The number of carbonyl (C=O) groups is 3. The Morgan fingerprint density at radius 2 is 1.67 bits per heavy atom. The van der Waals surface area contributed by atoms with Gasteiger partial charge in [0, 0.05) is 38.6 Å². The maximum atomic E-state index is 13.4. The number of piperidine rings is 2. The van der Waals surface area contributed by atoms with Crippen molar-refractivity contribution in [3.05, 3.63) is 77.4 Å². The van der Waals surface area contributed by atoms with Gasteiger partial charge in [0.2, 0.25) is 5.91 Å². The largest absolute Gasteiger partial charge is 0.444 e. The summed E-state index contributed by atoms with van der Waals surface area (Å²) >= 11 is 0. The molecule has 2 aromatic carbocycles. The second-order valence-corrected chi connectivity index (χ2v) is 12.7. The lowest BCUT2D eigenvalue weighted by Gasteiger charge is -2.44. The molecule has 4 amide bonds. The maximum absolute atomic E-state index is 13.4. The lowest BCUT2D eigenvalue weighted by atomic mass is 9.76. The molecule has 0 aromatic heterocycles. The van der Waals surface area contributed by atoms with Gasteiger partial charge in [-0.3, -0.25) is 4.79 Å². The second kappa shape index (κ2) is 13.6. The van der Waals surface area contributed by atoms with E-state index in [1.807, 2.05) is 48.8 Å². The molecule has 0 bridgehead atoms. The number of nitrogens with zero attached hydrogens (tertiary/aromatic N) is 2. The SMILES string of the molecule is CC(C)(C)OC(=O)NC/C=C/c1ccc([C@H](c2ccccc2)C2CCN(C(=O)N3CC[C@@H]4OCC(=O)N[C@@H]4C3)CC2)cc1. The van der Waals surface area contributed by atoms with Gasteiger partial charge in [0.1, 0.15) is 12.2 Å². The van der Waals surface area contributed by atoms with Crippen LogP contribution in [0.25, 0.3) is 6.08 Å². The first-order valence-corrected chi connectivity index (χ1v) is 15.4. The number of rotatable bonds is 6. The third-order valence-electron chi connectivity index (χ3n) is 8.40. The van der Waals surface area contributed by atoms with Crippen LogP contribution in [0.4, 0.5) is 9.59 Å². The first-order chi connectivity index (χ1) is 20.7. The molecular formula is C34H44N4O5. The van der Waals surface area contributed by atoms with Gasteiger partial charge in [0.05, 0.1) is 12.1 Å². The number of hydrogen-bond donors (Lipinski definition) is 2. The number of nitrogens with one attached hydrogen (secondary N) is 2. The number of hydrogen-bond acceptors (Lipinski definition) is 5. The normalized spacial score (nSPS) is 22.1. The Morgan fingerprint density at radius 1 is 1.00 bits per heavy atom. The third kappa shape index (κ3) is 8.16. The zero-order chi connectivity index (χ0) is 30.4. The van der Waals surface area contributed by atoms with Gasteiger partial charge in [-0.05, 0) is 62.6 Å². The molecule has 3 heterocycles. The summed E-state index contributed by atoms with van der Waals surface area (Å²) in [5.74, 6) is 0.529. The van der Waals surface area contributed by atoms with Crippen LogP contribution in [-0.2, 0) is 14.3 Å². The van der Waals surface area contributed by atoms with E-state index in [4.69, 9.17) is 9.47 Å². The average molecular weight is 589 g/mol. The highest BCUT2D eigenvalue weighted by Gasteiger charge is 2.38. The highest BCUT2D eigenvalue weighted by Crippen LogP contribution is 2.38. The Bertz CT molecular complexity index is 1280. The van der Waals surface area contributed by atoms with Gasteiger partial charge in [0.25, 0.3) is 0 Å². The van der Waals surface area contributed by atoms with Crippen molar-refractivity contribution in [1.82, 2.24) is 20.4 Å². The molecule has 0 unspecified atom stereocenters. The van der Waals surface area contributed by atoms with E-state index < -0.39 is 11.7 Å². The quantitative estimate of drug-likeness (QED) is 0.506. The molecule has 2 aromatic rings. The van der Waals surface area contributed by atoms with Crippen LogP contribution in [0.1, 0.15) is 62.6 Å². The fourth-order valence-electron chi connectivity index (χ4n) is 6.36. The molecule has 9 heteroatoms. The van der Waals surface area contributed by atoms with E-state index in [2.05, 4.69) is 59.2 Å². The predicted molar refractivity (Wildman–Crippen MR) is 166 cm³/mol. The summed E-state index contributed by atoms with van der Waals surface area (Å²) in [5, 5.41) is 5.74. The first kappa shape index (κ1) is 30.6. The van der Waals surface area contributed by atoms with Gasteiger partial charge in [-0.1, -0.05) is 66.7 Å². The number of likely N-dealkylation sites (tertiary alicyclic amines) is 2. The summed E-state index contributed by atoms with van der Waals surface area (Å²) in [7, 11) is 0. The third-order valence-corrected chi connectivity index (χ3v) is 8.40. The fourth-order valence-corrected chi connectivity index (χ4v) is 6.36. The summed E-state index contributed by atoms with van der Waals surface area (Å²) in [6.07, 6.45) is 6.06. The minimum absolute atomic E-state index is 0.00473. The molecule has 3 aliphatic heterocycles. The molecular weight excluding hydrogens is 544 g/mol. The molecule has 3 fully saturated rings. The molecule has 5 rings (SSSR count). The van der Waals surface area contributed by atoms with Crippen molar-refractivity contribution < 1.29 is 23.9 Å². The monoisotopic (exact) mass is 588 g/mol. The number of alkyl carbamates (subject to hydrolysis) is 1. The average Bonchev–Trinajstić information content (AvgIpc) is 2.99. The van der Waals surface area contributed by atoms with Crippen molar-refractivity contribution in [2.24, 2.45) is 5.92 Å². The number of carbonyl (C=O) groups excluding carboxylic acids is 3. The molecule has 230 valence electrons. The lowest BCUT2D eigenvalue weighted by Crippen LogP contribution is -2.62. The van der Waals surface area contributed by atoms with Crippen LogP contribution < -0.4 is 10.6 Å². The van der Waals surface area contributed by atoms with Gasteiger partial charge in [-0.25, -0.2) is 9.59 Å². The number of morpholine rings is 1. The number of fused-ring (bicyclic) bond motifs is 1. The van der Waals surface area contributed by atoms with E-state index in [0.29, 0.717) is 38.6 Å². The first-order valence-electron chi connectivity index (χ1n) is 15.4. The van der Waals surface area contributed by atoms with Crippen molar-refractivity contribution in [2.75, 3.05) is 39.3 Å². The van der Waals surface area contributed by atoms with Crippen molar-refractivity contribution >= 4 is 24.1 Å². The number of amides is 4. The Balaban J connectivity index is 1.19. The number of urea groups is 1. The highest BCUT2D eigenvalue weighted by molar-refractivity contribution is 5.79. The smallest absolute Gasteiger partial charge is 0.407 e. The highest BCUT2D eigenvalue weighted by atomic mass is 16.6. The van der Waals surface area contributed by atoms with Crippen LogP contribution in [0.5, 0.6) is 0 Å². The number of benzene rings is 2. The standard InChI is InChI=1S/C34H44N4O5/c1-34(2,3)43-32(40)35-18-7-8-24-11-13-26(14-12-24)31(25-9-5-4-6-10-25)27-15-19-37(20-16-27)33(41)38-21-17-29-28(22-38)36-30(39)23-42-29/h4-14,27-29,31H,15-23H2,1-3H3,(H,35,40)(H,36,39)/b8-7+/t28-,29+,31+/m1/s1. The van der Waals surface area contributed by atoms with Crippen molar-refractivity contribution in [3.8, 4) is 0 Å². The van der Waals surface area contributed by atoms with Crippen molar-refractivity contribution in [1.29, 1.82) is 0 Å². The van der Waals surface area contributed by atoms with Crippen LogP contribution in [0, 0.1) is 5.92 Å². The molecule has 0 spiro atoms. The van der Waals surface area contributed by atoms with Gasteiger partial charge in [-0.2, -0.15) is 0 Å². The van der Waals surface area contributed by atoms with E-state index in [1.54, 1.807) is 0 Å². The van der Waals surface area contributed by atoms with Gasteiger partial charge >= 0.3 is 12.1 Å². The molecule has 2 N–H and O–H groups in total. The fraction of sp³-hybridized carbons (Fsp3) is 0.500. The molecule has 0 radical (unpaired) electrons. The van der Waals surface area contributed by atoms with Crippen LogP contribution in [0.2, 0.25) is 0 Å². The summed E-state index contributed by atoms with van der Waals surface area (Å²) < 4.78 is 10.9. The van der Waals surface area contributed by atoms with E-state index >= 15 is 0 Å². The molecule has 3 saturated heterocycles. The zero-order valence-corrected chi connectivity index (χ0v) is 25.5. The molecule has 3 aliphatic rings. The van der Waals surface area contributed by atoms with E-state index in [1.165, 1.54) is 11.1 Å². The maximum Gasteiger partial charge on any atom is 0.407 e. The van der Waals surface area contributed by atoms with E-state index in [9.17, 15) is 14.4 Å². The molecule has 43 heavy (non-hydrogen) atoms. The summed E-state index contributed by atoms with van der Waals surface area (Å²) in [6, 6.07) is 19.2. The Labute approximate surface area is 254 Å². The Hall–Kier alpha value is -3.85. The van der Waals surface area contributed by atoms with E-state index in [0.717, 1.165) is 24.8 Å². The van der Waals surface area contributed by atoms with Crippen molar-refractivity contribution in [3.63, 3.8) is 0 Å².